The molecule has 9 aromatic carbocycles. The molecule has 5 heterocycles. The second-order valence-corrected chi connectivity index (χ2v) is 17.1. The molecule has 0 amide bonds. The van der Waals surface area contributed by atoms with Crippen LogP contribution in [0.15, 0.2) is 199 Å². The first-order chi connectivity index (χ1) is 30.8. The van der Waals surface area contributed by atoms with Gasteiger partial charge in [-0.2, -0.15) is 0 Å². The molecule has 14 aromatic rings. The molecule has 0 spiro atoms. The van der Waals surface area contributed by atoms with Crippen molar-refractivity contribution in [3.8, 4) is 34.0 Å². The molecule has 0 aliphatic carbocycles. The van der Waals surface area contributed by atoms with E-state index in [2.05, 4.69) is 167 Å². The third kappa shape index (κ3) is 4.67. The van der Waals surface area contributed by atoms with Gasteiger partial charge in [-0.15, -0.1) is 11.3 Å². The summed E-state index contributed by atoms with van der Waals surface area (Å²) in [6.07, 6.45) is 0. The summed E-state index contributed by atoms with van der Waals surface area (Å²) in [4.78, 5) is 10.6. The predicted octanol–water partition coefficient (Wildman–Crippen LogP) is 15.4. The molecule has 0 atom stereocenters. The van der Waals surface area contributed by atoms with Crippen molar-refractivity contribution in [1.29, 1.82) is 0 Å². The molecule has 0 N–H and O–H groups in total. The van der Waals surface area contributed by atoms with E-state index in [1.807, 2.05) is 47.7 Å². The van der Waals surface area contributed by atoms with E-state index in [1.54, 1.807) is 0 Å². The highest BCUT2D eigenvalue weighted by Crippen LogP contribution is 2.50. The van der Waals surface area contributed by atoms with Crippen LogP contribution in [-0.4, -0.2) is 19.1 Å². The molecule has 0 radical (unpaired) electrons. The van der Waals surface area contributed by atoms with Crippen LogP contribution in [-0.2, 0) is 0 Å². The highest BCUT2D eigenvalue weighted by Gasteiger charge is 2.26. The van der Waals surface area contributed by atoms with Crippen molar-refractivity contribution in [2.75, 3.05) is 0 Å². The molecule has 0 saturated heterocycles. The van der Waals surface area contributed by atoms with Crippen LogP contribution in [0.4, 0.5) is 0 Å². The summed E-state index contributed by atoms with van der Waals surface area (Å²) in [6.45, 7) is 0. The Labute approximate surface area is 358 Å². The van der Waals surface area contributed by atoms with E-state index in [0.29, 0.717) is 11.4 Å². The largest absolute Gasteiger partial charge is 0.450 e. The molecular formula is C56H32N4OS. The summed E-state index contributed by atoms with van der Waals surface area (Å²) < 4.78 is 14.1. The summed E-state index contributed by atoms with van der Waals surface area (Å²) in [6, 6.07) is 69.4. The molecular weight excluding hydrogens is 777 g/mol. The number of rotatable bonds is 4. The van der Waals surface area contributed by atoms with Crippen molar-refractivity contribution in [3.63, 3.8) is 0 Å². The van der Waals surface area contributed by atoms with Gasteiger partial charge >= 0.3 is 0 Å². The highest BCUT2D eigenvalue weighted by atomic mass is 32.1. The van der Waals surface area contributed by atoms with Gasteiger partial charge in [0, 0.05) is 69.1 Å². The quantitative estimate of drug-likeness (QED) is 0.178. The second kappa shape index (κ2) is 12.7. The van der Waals surface area contributed by atoms with Crippen LogP contribution in [0, 0.1) is 0 Å². The fourth-order valence-corrected chi connectivity index (χ4v) is 11.3. The Morgan fingerprint density at radius 2 is 1.06 bits per heavy atom. The van der Waals surface area contributed by atoms with Crippen LogP contribution in [0.25, 0.3) is 131 Å². The van der Waals surface area contributed by atoms with Crippen LogP contribution in [0.2, 0.25) is 0 Å². The van der Waals surface area contributed by atoms with E-state index in [0.717, 1.165) is 44.6 Å². The molecule has 0 fully saturated rings. The van der Waals surface area contributed by atoms with Crippen molar-refractivity contribution in [2.24, 2.45) is 0 Å². The van der Waals surface area contributed by atoms with E-state index in [-0.39, 0.29) is 0 Å². The van der Waals surface area contributed by atoms with Crippen molar-refractivity contribution in [3.05, 3.63) is 194 Å². The minimum atomic E-state index is 0.657. The van der Waals surface area contributed by atoms with E-state index in [9.17, 15) is 0 Å². The first-order valence-electron chi connectivity index (χ1n) is 20.9. The zero-order chi connectivity index (χ0) is 40.5. The van der Waals surface area contributed by atoms with Gasteiger partial charge in [-0.1, -0.05) is 146 Å². The lowest BCUT2D eigenvalue weighted by atomic mass is 9.99. The zero-order valence-electron chi connectivity index (χ0n) is 33.1. The summed E-state index contributed by atoms with van der Waals surface area (Å²) in [5.74, 6) is 1.38. The van der Waals surface area contributed by atoms with Gasteiger partial charge in [-0.25, -0.2) is 9.97 Å². The monoisotopic (exact) mass is 808 g/mol. The average molecular weight is 809 g/mol. The summed E-state index contributed by atoms with van der Waals surface area (Å²) in [5, 5.41) is 10.7. The lowest BCUT2D eigenvalue weighted by Crippen LogP contribution is -2.02. The predicted molar refractivity (Wildman–Crippen MR) is 259 cm³/mol. The normalized spacial score (nSPS) is 12.2. The molecule has 288 valence electrons. The Balaban J connectivity index is 1.13. The maximum Gasteiger partial charge on any atom is 0.197 e. The summed E-state index contributed by atoms with van der Waals surface area (Å²) >= 11 is 1.89. The van der Waals surface area contributed by atoms with Crippen LogP contribution >= 0.6 is 11.3 Å². The van der Waals surface area contributed by atoms with Gasteiger partial charge in [-0.05, 0) is 59.7 Å². The zero-order valence-corrected chi connectivity index (χ0v) is 33.9. The Hall–Kier alpha value is -8.06. The van der Waals surface area contributed by atoms with E-state index in [1.165, 1.54) is 74.6 Å². The second-order valence-electron chi connectivity index (χ2n) is 16.1. The summed E-state index contributed by atoms with van der Waals surface area (Å²) in [5.41, 5.74) is 11.3. The van der Waals surface area contributed by atoms with Crippen molar-refractivity contribution < 1.29 is 4.42 Å². The third-order valence-electron chi connectivity index (χ3n) is 12.7. The van der Waals surface area contributed by atoms with Gasteiger partial charge in [0.2, 0.25) is 0 Å². The SMILES string of the molecule is c1ccc(-c2cccc(-n3c4ccccc4c4cc5c(cc43)sc3c4ccccc4c4c(c6ccccc6n4-c4nc(-c6ccccc6)nc6c4oc4ccccc46)c53)c2)cc1. The first-order valence-corrected chi connectivity index (χ1v) is 21.7. The lowest BCUT2D eigenvalue weighted by Gasteiger charge is -2.12. The van der Waals surface area contributed by atoms with Gasteiger partial charge in [0.1, 0.15) is 11.1 Å². The van der Waals surface area contributed by atoms with E-state index in [4.69, 9.17) is 14.4 Å². The maximum atomic E-state index is 6.77. The molecule has 0 saturated carbocycles. The first kappa shape index (κ1) is 33.7. The van der Waals surface area contributed by atoms with Gasteiger partial charge in [-0.3, -0.25) is 4.57 Å². The number of thiophene rings is 1. The van der Waals surface area contributed by atoms with E-state index >= 15 is 0 Å². The summed E-state index contributed by atoms with van der Waals surface area (Å²) in [7, 11) is 0. The Bertz CT molecular complexity index is 4160. The Kier molecular flexibility index (Phi) is 6.92. The van der Waals surface area contributed by atoms with Gasteiger partial charge in [0.25, 0.3) is 0 Å². The van der Waals surface area contributed by atoms with Crippen molar-refractivity contribution in [1.82, 2.24) is 19.1 Å². The fourth-order valence-electron chi connectivity index (χ4n) is 10.0. The van der Waals surface area contributed by atoms with Gasteiger partial charge < -0.3 is 8.98 Å². The van der Waals surface area contributed by atoms with Crippen molar-refractivity contribution in [2.45, 2.75) is 0 Å². The molecule has 62 heavy (non-hydrogen) atoms. The minimum Gasteiger partial charge on any atom is -0.450 e. The number of furan rings is 1. The van der Waals surface area contributed by atoms with Crippen LogP contribution in [0.1, 0.15) is 0 Å². The number of hydrogen-bond acceptors (Lipinski definition) is 4. The molecule has 6 heteroatoms. The molecule has 0 unspecified atom stereocenters. The van der Waals surface area contributed by atoms with Crippen LogP contribution in [0.3, 0.4) is 0 Å². The Morgan fingerprint density at radius 1 is 0.419 bits per heavy atom. The van der Waals surface area contributed by atoms with Gasteiger partial charge in [0.15, 0.2) is 17.2 Å². The molecule has 5 aromatic heterocycles. The van der Waals surface area contributed by atoms with Crippen LogP contribution < -0.4 is 0 Å². The molecule has 5 nitrogen and oxygen atoms in total. The topological polar surface area (TPSA) is 48.8 Å². The number of fused-ring (bicyclic) bond motifs is 16. The standard InChI is InChI=1S/C56H32N4OS/c1-3-16-33(17-4-1)35-20-15-21-36(30-35)59-44-27-12-9-22-37(44)42-31-43-48(32-46(42)59)62-54-39-24-8-7-23-38(39)52-49(50(43)54)40-25-10-13-28-45(40)60(52)56-53-51(41-26-11-14-29-47(41)61-53)57-55(58-56)34-18-5-2-6-19-34/h1-32H. The molecule has 0 bridgehead atoms. The lowest BCUT2D eigenvalue weighted by molar-refractivity contribution is 0.662. The van der Waals surface area contributed by atoms with Crippen molar-refractivity contribution >= 4 is 108 Å². The molecule has 14 rings (SSSR count). The average Bonchev–Trinajstić information content (AvgIpc) is 4.09. The number of benzene rings is 9. The molecule has 0 aliphatic heterocycles. The van der Waals surface area contributed by atoms with E-state index < -0.39 is 0 Å². The highest BCUT2D eigenvalue weighted by molar-refractivity contribution is 7.27. The number of hydrogen-bond donors (Lipinski definition) is 0. The maximum absolute atomic E-state index is 6.77. The number of aromatic nitrogens is 4. The number of para-hydroxylation sites is 3. The van der Waals surface area contributed by atoms with Gasteiger partial charge in [0.05, 0.1) is 22.1 Å². The van der Waals surface area contributed by atoms with Crippen LogP contribution in [0.5, 0.6) is 0 Å². The Morgan fingerprint density at radius 3 is 1.87 bits per heavy atom. The smallest absolute Gasteiger partial charge is 0.197 e. The minimum absolute atomic E-state index is 0.657. The fraction of sp³-hybridized carbons (Fsp3) is 0. The third-order valence-corrected chi connectivity index (χ3v) is 13.9. The number of nitrogens with zero attached hydrogens (tertiary/aromatic N) is 4. The molecule has 0 aliphatic rings.